The molecule has 1 atom stereocenters. The Bertz CT molecular complexity index is 641. The van der Waals surface area contributed by atoms with Crippen molar-refractivity contribution in [2.45, 2.75) is 18.8 Å². The highest BCUT2D eigenvalue weighted by Gasteiger charge is 2.26. The second-order valence-corrected chi connectivity index (χ2v) is 6.04. The van der Waals surface area contributed by atoms with Gasteiger partial charge in [0.1, 0.15) is 5.82 Å². The molecule has 0 bridgehead atoms. The summed E-state index contributed by atoms with van der Waals surface area (Å²) in [6.07, 6.45) is 0.956. The number of carbonyl (C=O) groups is 1. The van der Waals surface area contributed by atoms with Crippen LogP contribution in [0.1, 0.15) is 23.8 Å². The average molecular weight is 306 g/mol. The molecule has 1 aromatic carbocycles. The van der Waals surface area contributed by atoms with E-state index >= 15 is 0 Å². The summed E-state index contributed by atoms with van der Waals surface area (Å²) in [5.74, 6) is -0.104. The van der Waals surface area contributed by atoms with E-state index in [-0.39, 0.29) is 11.7 Å². The summed E-state index contributed by atoms with van der Waals surface area (Å²) < 4.78 is 12.9. The van der Waals surface area contributed by atoms with Gasteiger partial charge in [-0.15, -0.1) is 11.3 Å². The molecule has 1 aromatic heterocycles. The first-order chi connectivity index (χ1) is 10.1. The maximum absolute atomic E-state index is 12.9. The zero-order chi connectivity index (χ0) is 14.8. The van der Waals surface area contributed by atoms with Gasteiger partial charge in [0.15, 0.2) is 0 Å². The quantitative estimate of drug-likeness (QED) is 0.918. The van der Waals surface area contributed by atoms with Crippen LogP contribution in [0.25, 0.3) is 11.3 Å². The van der Waals surface area contributed by atoms with Crippen LogP contribution in [0.2, 0.25) is 0 Å². The van der Waals surface area contributed by atoms with Crippen molar-refractivity contribution in [3.8, 4) is 11.3 Å². The third-order valence-electron chi connectivity index (χ3n) is 3.70. The summed E-state index contributed by atoms with van der Waals surface area (Å²) >= 11 is 1.54. The molecule has 1 amide bonds. The molecule has 1 saturated heterocycles. The number of nitrogens with zero attached hydrogens (tertiary/aromatic N) is 2. The van der Waals surface area contributed by atoms with Crippen molar-refractivity contribution in [2.75, 3.05) is 13.1 Å². The van der Waals surface area contributed by atoms with E-state index in [1.54, 1.807) is 23.5 Å². The van der Waals surface area contributed by atoms with Gasteiger partial charge in [0, 0.05) is 30.0 Å². The molecular weight excluding hydrogens is 291 g/mol. The Morgan fingerprint density at radius 3 is 2.86 bits per heavy atom. The molecule has 1 aliphatic heterocycles. The fourth-order valence-corrected chi connectivity index (χ4v) is 3.54. The van der Waals surface area contributed by atoms with Crippen LogP contribution in [0.4, 0.5) is 9.18 Å². The number of aromatic nitrogens is 1. The Morgan fingerprint density at radius 1 is 1.38 bits per heavy atom. The largest absolute Gasteiger partial charge is 0.465 e. The fourth-order valence-electron chi connectivity index (χ4n) is 2.58. The Morgan fingerprint density at radius 2 is 2.14 bits per heavy atom. The molecule has 1 fully saturated rings. The summed E-state index contributed by atoms with van der Waals surface area (Å²) in [4.78, 5) is 17.1. The van der Waals surface area contributed by atoms with Crippen LogP contribution in [-0.4, -0.2) is 34.2 Å². The molecule has 2 aromatic rings. The number of likely N-dealkylation sites (tertiary alicyclic amines) is 1. The molecule has 3 rings (SSSR count). The van der Waals surface area contributed by atoms with E-state index in [4.69, 9.17) is 5.11 Å². The Labute approximate surface area is 125 Å². The van der Waals surface area contributed by atoms with Gasteiger partial charge >= 0.3 is 6.09 Å². The zero-order valence-corrected chi connectivity index (χ0v) is 12.1. The number of amides is 1. The van der Waals surface area contributed by atoms with Crippen LogP contribution in [0.3, 0.4) is 0 Å². The van der Waals surface area contributed by atoms with Crippen LogP contribution in [-0.2, 0) is 0 Å². The van der Waals surface area contributed by atoms with E-state index in [2.05, 4.69) is 4.98 Å². The molecule has 0 radical (unpaired) electrons. The number of halogens is 1. The first-order valence-corrected chi connectivity index (χ1v) is 7.70. The van der Waals surface area contributed by atoms with Gasteiger partial charge in [-0.3, -0.25) is 0 Å². The van der Waals surface area contributed by atoms with Crippen molar-refractivity contribution in [1.82, 2.24) is 9.88 Å². The van der Waals surface area contributed by atoms with E-state index in [0.29, 0.717) is 13.1 Å². The number of carboxylic acid groups (broad SMARTS) is 1. The molecule has 2 heterocycles. The van der Waals surface area contributed by atoms with Crippen LogP contribution >= 0.6 is 11.3 Å². The van der Waals surface area contributed by atoms with Gasteiger partial charge in [-0.05, 0) is 37.1 Å². The molecule has 0 spiro atoms. The monoisotopic (exact) mass is 306 g/mol. The topological polar surface area (TPSA) is 53.4 Å². The van der Waals surface area contributed by atoms with E-state index in [1.165, 1.54) is 17.0 Å². The van der Waals surface area contributed by atoms with Crippen LogP contribution in [0.15, 0.2) is 29.6 Å². The molecule has 6 heteroatoms. The standard InChI is InChI=1S/C15H15FN2O2S/c16-12-5-3-10(4-6-12)13-9-21-14(17-13)11-2-1-7-18(8-11)15(19)20/h3-6,9,11H,1-2,7-8H2,(H,19,20). The average Bonchev–Trinajstić information content (AvgIpc) is 2.98. The highest BCUT2D eigenvalue weighted by Crippen LogP contribution is 2.32. The summed E-state index contributed by atoms with van der Waals surface area (Å²) in [5.41, 5.74) is 1.70. The lowest BCUT2D eigenvalue weighted by Gasteiger charge is -2.29. The highest BCUT2D eigenvalue weighted by molar-refractivity contribution is 7.10. The predicted octanol–water partition coefficient (Wildman–Crippen LogP) is 3.81. The summed E-state index contributed by atoms with van der Waals surface area (Å²) in [6.45, 7) is 1.10. The number of thiazole rings is 1. The summed E-state index contributed by atoms with van der Waals surface area (Å²) in [6, 6.07) is 6.25. The number of rotatable bonds is 2. The molecule has 4 nitrogen and oxygen atoms in total. The number of hydrogen-bond acceptors (Lipinski definition) is 3. The molecular formula is C15H15FN2O2S. The van der Waals surface area contributed by atoms with Gasteiger partial charge in [-0.25, -0.2) is 14.2 Å². The minimum absolute atomic E-state index is 0.161. The lowest BCUT2D eigenvalue weighted by molar-refractivity contribution is 0.130. The molecule has 0 saturated carbocycles. The Hall–Kier alpha value is -1.95. The number of benzene rings is 1. The SMILES string of the molecule is O=C(O)N1CCCC(c2nc(-c3ccc(F)cc3)cs2)C1. The van der Waals surface area contributed by atoms with E-state index < -0.39 is 6.09 Å². The minimum atomic E-state index is -0.866. The van der Waals surface area contributed by atoms with Crippen LogP contribution in [0, 0.1) is 5.82 Å². The second-order valence-electron chi connectivity index (χ2n) is 5.15. The van der Waals surface area contributed by atoms with E-state index in [0.717, 1.165) is 29.1 Å². The molecule has 1 aliphatic rings. The second kappa shape index (κ2) is 5.81. The van der Waals surface area contributed by atoms with Gasteiger partial charge in [0.05, 0.1) is 10.7 Å². The predicted molar refractivity (Wildman–Crippen MR) is 79.1 cm³/mol. The lowest BCUT2D eigenvalue weighted by atomic mass is 9.99. The number of hydrogen-bond donors (Lipinski definition) is 1. The van der Waals surface area contributed by atoms with Crippen molar-refractivity contribution < 1.29 is 14.3 Å². The Kier molecular flexibility index (Phi) is 3.88. The van der Waals surface area contributed by atoms with Gasteiger partial charge in [-0.2, -0.15) is 0 Å². The van der Waals surface area contributed by atoms with Crippen LogP contribution in [0.5, 0.6) is 0 Å². The van der Waals surface area contributed by atoms with E-state index in [9.17, 15) is 9.18 Å². The maximum Gasteiger partial charge on any atom is 0.407 e. The van der Waals surface area contributed by atoms with Gasteiger partial charge in [-0.1, -0.05) is 0 Å². The molecule has 1 N–H and O–H groups in total. The summed E-state index contributed by atoms with van der Waals surface area (Å²) in [5, 5.41) is 12.0. The van der Waals surface area contributed by atoms with Crippen LogP contribution < -0.4 is 0 Å². The number of piperidine rings is 1. The van der Waals surface area contributed by atoms with Crippen molar-refractivity contribution >= 4 is 17.4 Å². The molecule has 0 aliphatic carbocycles. The van der Waals surface area contributed by atoms with Gasteiger partial charge in [0.2, 0.25) is 0 Å². The third kappa shape index (κ3) is 3.05. The lowest BCUT2D eigenvalue weighted by Crippen LogP contribution is -2.38. The van der Waals surface area contributed by atoms with Gasteiger partial charge in [0.25, 0.3) is 0 Å². The molecule has 110 valence electrons. The first kappa shape index (κ1) is 14.0. The van der Waals surface area contributed by atoms with E-state index in [1.807, 2.05) is 5.38 Å². The van der Waals surface area contributed by atoms with Crippen molar-refractivity contribution in [3.05, 3.63) is 40.5 Å². The smallest absolute Gasteiger partial charge is 0.407 e. The normalized spacial score (nSPS) is 18.7. The fraction of sp³-hybridized carbons (Fsp3) is 0.333. The van der Waals surface area contributed by atoms with Crippen molar-refractivity contribution in [1.29, 1.82) is 0 Å². The molecule has 1 unspecified atom stereocenters. The summed E-state index contributed by atoms with van der Waals surface area (Å²) in [7, 11) is 0. The van der Waals surface area contributed by atoms with Crippen molar-refractivity contribution in [2.24, 2.45) is 0 Å². The zero-order valence-electron chi connectivity index (χ0n) is 11.3. The highest BCUT2D eigenvalue weighted by atomic mass is 32.1. The van der Waals surface area contributed by atoms with Gasteiger partial charge < -0.3 is 10.0 Å². The third-order valence-corrected chi connectivity index (χ3v) is 4.71. The van der Waals surface area contributed by atoms with Crippen molar-refractivity contribution in [3.63, 3.8) is 0 Å². The maximum atomic E-state index is 12.9. The minimum Gasteiger partial charge on any atom is -0.465 e. The molecule has 21 heavy (non-hydrogen) atoms. The first-order valence-electron chi connectivity index (χ1n) is 6.83. The Balaban J connectivity index is 1.78.